The van der Waals surface area contributed by atoms with E-state index in [1.54, 1.807) is 0 Å². The van der Waals surface area contributed by atoms with Gasteiger partial charge >= 0.3 is 0 Å². The monoisotopic (exact) mass is 241 g/mol. The van der Waals surface area contributed by atoms with Gasteiger partial charge in [-0.1, -0.05) is 19.6 Å². The molecule has 2 heteroatoms. The molecule has 2 radical (unpaired) electrons. The van der Waals surface area contributed by atoms with Crippen LogP contribution in [-0.4, -0.2) is 8.80 Å². The fourth-order valence-corrected chi connectivity index (χ4v) is 0. The first-order chi connectivity index (χ1) is 1.73. The molecule has 0 aliphatic rings. The minimum atomic E-state index is 0. The van der Waals surface area contributed by atoms with Gasteiger partial charge in [0.2, 0.25) is 0 Å². The predicted molar refractivity (Wildman–Crippen MR) is 29.8 cm³/mol. The Morgan fingerprint density at radius 1 is 1.00 bits per heavy atom. The molecule has 0 nitrogen and oxygen atoms in total. The van der Waals surface area contributed by atoms with Gasteiger partial charge in [0.15, 0.2) is 0 Å². The van der Waals surface area contributed by atoms with Gasteiger partial charge in [0, 0.05) is 58.2 Å². The van der Waals surface area contributed by atoms with Crippen molar-refractivity contribution in [2.75, 3.05) is 0 Å². The molecule has 0 aliphatic carbocycles. The minimum Gasteiger partial charge on any atom is -0.358 e. The van der Waals surface area contributed by atoms with Crippen LogP contribution in [0.5, 0.6) is 0 Å². The zero-order valence-electron chi connectivity index (χ0n) is 4.88. The molecular formula is C4H12EuSi-. The molecule has 0 heterocycles. The van der Waals surface area contributed by atoms with Crippen LogP contribution in [0.25, 0.3) is 0 Å². The number of rotatable bonds is 0. The van der Waals surface area contributed by atoms with Crippen LogP contribution in [0.3, 0.4) is 0 Å². The fourth-order valence-electron chi connectivity index (χ4n) is 0. The van der Waals surface area contributed by atoms with Gasteiger partial charge in [-0.3, -0.25) is 0 Å². The van der Waals surface area contributed by atoms with E-state index >= 15 is 0 Å². The van der Waals surface area contributed by atoms with Crippen LogP contribution >= 0.6 is 0 Å². The molecule has 0 aliphatic heterocycles. The summed E-state index contributed by atoms with van der Waals surface area (Å²) in [6, 6.07) is 0. The number of hydrogen-bond donors (Lipinski definition) is 0. The summed E-state index contributed by atoms with van der Waals surface area (Å²) in [5.74, 6) is 0. The molecular weight excluding hydrogens is 228 g/mol. The van der Waals surface area contributed by atoms with E-state index < -0.39 is 0 Å². The van der Waals surface area contributed by atoms with Gasteiger partial charge in [0.25, 0.3) is 0 Å². The SMILES string of the molecule is C[Si](C)C.[CH3-].[Eu]. The molecule has 0 saturated carbocycles. The van der Waals surface area contributed by atoms with Crippen LogP contribution in [0.2, 0.25) is 19.6 Å². The van der Waals surface area contributed by atoms with E-state index in [1.807, 2.05) is 0 Å². The largest absolute Gasteiger partial charge is 0.358 e. The average molecular weight is 240 g/mol. The smallest absolute Gasteiger partial charge is 0.0379 e. The van der Waals surface area contributed by atoms with E-state index in [1.165, 1.54) is 0 Å². The molecule has 0 N–H and O–H groups in total. The predicted octanol–water partition coefficient (Wildman–Crippen LogP) is 1.82. The zero-order chi connectivity index (χ0) is 3.58. The maximum atomic E-state index is 2.27. The topological polar surface area (TPSA) is 0 Å². The quantitative estimate of drug-likeness (QED) is 0.447. The molecule has 0 atom stereocenters. The second-order valence-corrected chi connectivity index (χ2v) is 4.50. The molecule has 0 spiro atoms. The maximum Gasteiger partial charge on any atom is 0.0379 e. The van der Waals surface area contributed by atoms with Crippen molar-refractivity contribution in [1.82, 2.24) is 0 Å². The molecule has 0 rings (SSSR count). The van der Waals surface area contributed by atoms with Crippen LogP contribution in [0.15, 0.2) is 0 Å². The van der Waals surface area contributed by atoms with Gasteiger partial charge in [-0.15, -0.1) is 0 Å². The first-order valence-electron chi connectivity index (χ1n) is 1.50. The summed E-state index contributed by atoms with van der Waals surface area (Å²) in [6.45, 7) is 6.81. The summed E-state index contributed by atoms with van der Waals surface area (Å²) in [6.07, 6.45) is 0. The Balaban J connectivity index is -0.0000000450. The first-order valence-corrected chi connectivity index (χ1v) is 4.50. The maximum absolute atomic E-state index is 2.27. The van der Waals surface area contributed by atoms with Gasteiger partial charge in [0.1, 0.15) is 0 Å². The van der Waals surface area contributed by atoms with Crippen LogP contribution in [-0.2, 0) is 0 Å². The Morgan fingerprint density at radius 2 is 1.00 bits per heavy atom. The second kappa shape index (κ2) is 9.93. The van der Waals surface area contributed by atoms with Gasteiger partial charge in [-0.2, -0.15) is 0 Å². The molecule has 6 heavy (non-hydrogen) atoms. The Kier molecular flexibility index (Phi) is 25.9. The summed E-state index contributed by atoms with van der Waals surface area (Å²) in [5, 5.41) is 0. The molecule has 0 bridgehead atoms. The van der Waals surface area contributed by atoms with Crippen molar-refractivity contribution in [3.63, 3.8) is 0 Å². The van der Waals surface area contributed by atoms with Gasteiger partial charge in [-0.25, -0.2) is 0 Å². The Hall–Kier alpha value is 1.80. The van der Waals surface area contributed by atoms with Crippen molar-refractivity contribution in [1.29, 1.82) is 0 Å². The van der Waals surface area contributed by atoms with E-state index in [-0.39, 0.29) is 65.6 Å². The standard InChI is InChI=1S/C3H9Si.CH3.Eu/c1-4(2)3;;/h1-3H3;1H3;/q;-1;. The van der Waals surface area contributed by atoms with Crippen LogP contribution in [0.1, 0.15) is 0 Å². The average Bonchev–Trinajstić information content (AvgIpc) is 0.811. The molecule has 0 amide bonds. The molecule has 0 aromatic rings. The summed E-state index contributed by atoms with van der Waals surface area (Å²) in [7, 11) is 0.120. The van der Waals surface area contributed by atoms with Crippen molar-refractivity contribution < 1.29 is 49.4 Å². The third-order valence-corrected chi connectivity index (χ3v) is 0. The molecule has 0 saturated heterocycles. The first kappa shape index (κ1) is 15.7. The zero-order valence-corrected chi connectivity index (χ0v) is 8.30. The molecule has 0 fully saturated rings. The van der Waals surface area contributed by atoms with Crippen molar-refractivity contribution in [2.45, 2.75) is 19.6 Å². The molecule has 0 unspecified atom stereocenters. The summed E-state index contributed by atoms with van der Waals surface area (Å²) in [4.78, 5) is 0. The molecule has 40 valence electrons. The third kappa shape index (κ3) is 41.2. The van der Waals surface area contributed by atoms with E-state index in [2.05, 4.69) is 19.6 Å². The van der Waals surface area contributed by atoms with E-state index in [0.717, 1.165) is 0 Å². The third-order valence-electron chi connectivity index (χ3n) is 0. The van der Waals surface area contributed by atoms with Crippen molar-refractivity contribution >= 4 is 8.80 Å². The second-order valence-electron chi connectivity index (χ2n) is 1.50. The van der Waals surface area contributed by atoms with E-state index in [9.17, 15) is 0 Å². The summed E-state index contributed by atoms with van der Waals surface area (Å²) in [5.41, 5.74) is 0. The Labute approximate surface area is 83.9 Å². The van der Waals surface area contributed by atoms with Crippen molar-refractivity contribution in [3.8, 4) is 0 Å². The van der Waals surface area contributed by atoms with Gasteiger partial charge < -0.3 is 7.43 Å². The van der Waals surface area contributed by atoms with Gasteiger partial charge in [0.05, 0.1) is 0 Å². The Bertz CT molecular complexity index is 12.3. The van der Waals surface area contributed by atoms with Gasteiger partial charge in [-0.05, 0) is 0 Å². The number of hydrogen-bond acceptors (Lipinski definition) is 0. The van der Waals surface area contributed by atoms with Crippen molar-refractivity contribution in [2.24, 2.45) is 0 Å². The van der Waals surface area contributed by atoms with Crippen LogP contribution in [0.4, 0.5) is 0 Å². The van der Waals surface area contributed by atoms with Crippen LogP contribution < -0.4 is 0 Å². The van der Waals surface area contributed by atoms with E-state index in [0.29, 0.717) is 0 Å². The fraction of sp³-hybridized carbons (Fsp3) is 0.750. The summed E-state index contributed by atoms with van der Waals surface area (Å²) < 4.78 is 0. The summed E-state index contributed by atoms with van der Waals surface area (Å²) >= 11 is 0. The van der Waals surface area contributed by atoms with Crippen molar-refractivity contribution in [3.05, 3.63) is 7.43 Å². The Morgan fingerprint density at radius 3 is 1.00 bits per heavy atom. The minimum absolute atomic E-state index is 0. The van der Waals surface area contributed by atoms with Crippen LogP contribution in [0, 0.1) is 56.8 Å². The van der Waals surface area contributed by atoms with E-state index in [4.69, 9.17) is 0 Å². The molecule has 0 aromatic carbocycles. The normalized spacial score (nSPS) is 6.00. The molecule has 0 aromatic heterocycles.